The minimum atomic E-state index is -0.750. The van der Waals surface area contributed by atoms with Crippen LogP contribution in [-0.4, -0.2) is 57.0 Å². The summed E-state index contributed by atoms with van der Waals surface area (Å²) in [7, 11) is 0. The van der Waals surface area contributed by atoms with Gasteiger partial charge in [-0.3, -0.25) is 0 Å². The average molecular weight is 151 g/mol. The van der Waals surface area contributed by atoms with Crippen molar-refractivity contribution in [3.8, 4) is 0 Å². The molecule has 0 aliphatic heterocycles. The van der Waals surface area contributed by atoms with Crippen molar-refractivity contribution in [2.24, 2.45) is 0 Å². The van der Waals surface area contributed by atoms with E-state index < -0.39 is 5.60 Å². The van der Waals surface area contributed by atoms with Gasteiger partial charge in [0.05, 0.1) is 0 Å². The Bertz CT molecular complexity index is 25.2. The first-order valence-electron chi connectivity index (χ1n) is 1.70. The van der Waals surface area contributed by atoms with Crippen molar-refractivity contribution in [2.75, 3.05) is 0 Å². The molecule has 0 aliphatic rings. The molecule has 0 unspecified atom stereocenters. The Morgan fingerprint density at radius 2 is 1.14 bits per heavy atom. The van der Waals surface area contributed by atoms with Gasteiger partial charge in [-0.1, -0.05) is 20.8 Å². The molecule has 0 fully saturated rings. The van der Waals surface area contributed by atoms with Gasteiger partial charge in [-0.15, -0.1) is 5.60 Å². The Kier molecular flexibility index (Phi) is 17.5. The zero-order valence-electron chi connectivity index (χ0n) is 5.91. The molecule has 0 saturated heterocycles. The first-order valence-corrected chi connectivity index (χ1v) is 1.70. The van der Waals surface area contributed by atoms with Gasteiger partial charge in [0.15, 0.2) is 0 Å². The Morgan fingerprint density at radius 3 is 1.14 bits per heavy atom. The maximum atomic E-state index is 10.1. The fraction of sp³-hybridized carbons (Fsp3) is 1.00. The van der Waals surface area contributed by atoms with Crippen molar-refractivity contribution >= 4 is 51.4 Å². The third kappa shape index (κ3) is 46.2. The third-order valence-electron chi connectivity index (χ3n) is 0. The van der Waals surface area contributed by atoms with Gasteiger partial charge in [0, 0.05) is 51.4 Å². The molecule has 0 bridgehead atoms. The molecule has 1 nitrogen and oxygen atoms in total. The molecule has 0 amide bonds. The van der Waals surface area contributed by atoms with Gasteiger partial charge in [-0.25, -0.2) is 0 Å². The van der Waals surface area contributed by atoms with Gasteiger partial charge in [-0.2, -0.15) is 0 Å². The molecule has 0 N–H and O–H groups in total. The van der Waals surface area contributed by atoms with Crippen LogP contribution >= 0.6 is 0 Å². The van der Waals surface area contributed by atoms with E-state index >= 15 is 0 Å². The summed E-state index contributed by atoms with van der Waals surface area (Å²) in [6.45, 7) is 4.90. The van der Waals surface area contributed by atoms with Crippen molar-refractivity contribution < 1.29 is 56.5 Å². The summed E-state index contributed by atoms with van der Waals surface area (Å²) in [5, 5.41) is 10.1. The monoisotopic (exact) mass is 151 g/mol. The van der Waals surface area contributed by atoms with E-state index in [1.807, 2.05) is 0 Å². The van der Waals surface area contributed by atoms with Crippen molar-refractivity contribution in [3.63, 3.8) is 0 Å². The minimum absolute atomic E-state index is 0. The fourth-order valence-electron chi connectivity index (χ4n) is 0. The van der Waals surface area contributed by atoms with Gasteiger partial charge < -0.3 is 5.11 Å². The summed E-state index contributed by atoms with van der Waals surface area (Å²) in [5.41, 5.74) is -0.750. The molecule has 0 aromatic carbocycles. The third-order valence-corrected chi connectivity index (χ3v) is 0. The minimum Gasteiger partial charge on any atom is -0.850 e. The fourth-order valence-corrected chi connectivity index (χ4v) is 0. The molecule has 0 aromatic heterocycles. The molecule has 0 spiro atoms. The van der Waals surface area contributed by atoms with Crippen LogP contribution in [-0.2, 0) is 0 Å². The SMILES string of the molecule is CC(C)(C)[O-].[K+].[K]. The molecule has 0 aliphatic carbocycles. The molecule has 3 heteroatoms. The van der Waals surface area contributed by atoms with Gasteiger partial charge in [-0.05, 0) is 0 Å². The summed E-state index contributed by atoms with van der Waals surface area (Å²) in [6.07, 6.45) is 0. The smallest absolute Gasteiger partial charge is 0.850 e. The second kappa shape index (κ2) is 7.34. The largest absolute Gasteiger partial charge is 1.00 e. The quantitative estimate of drug-likeness (QED) is 0.334. The molecule has 7 heavy (non-hydrogen) atoms. The normalized spacial score (nSPS) is 8.57. The number of rotatable bonds is 0. The Morgan fingerprint density at radius 1 is 1.14 bits per heavy atom. The maximum Gasteiger partial charge on any atom is 1.00 e. The molecule has 0 heterocycles. The first kappa shape index (κ1) is 16.7. The van der Waals surface area contributed by atoms with Crippen LogP contribution in [0.15, 0.2) is 0 Å². The van der Waals surface area contributed by atoms with Crippen LogP contribution < -0.4 is 56.5 Å². The Labute approximate surface area is 130 Å². The van der Waals surface area contributed by atoms with E-state index in [4.69, 9.17) is 0 Å². The van der Waals surface area contributed by atoms with E-state index in [1.165, 1.54) is 0 Å². The van der Waals surface area contributed by atoms with Crippen LogP contribution in [0, 0.1) is 0 Å². The molecular formula is C4H9K2O. The van der Waals surface area contributed by atoms with Gasteiger partial charge in [0.1, 0.15) is 0 Å². The molecular weight excluding hydrogens is 142 g/mol. The number of hydrogen-bond donors (Lipinski definition) is 0. The van der Waals surface area contributed by atoms with Crippen LogP contribution in [0.3, 0.4) is 0 Å². The van der Waals surface area contributed by atoms with Crippen LogP contribution in [0.1, 0.15) is 20.8 Å². The second-order valence-corrected chi connectivity index (χ2v) is 2.11. The predicted molar refractivity (Wildman–Crippen MR) is 25.5 cm³/mol. The van der Waals surface area contributed by atoms with Gasteiger partial charge in [0.25, 0.3) is 0 Å². The molecule has 33 valence electrons. The van der Waals surface area contributed by atoms with E-state index in [9.17, 15) is 5.11 Å². The van der Waals surface area contributed by atoms with Crippen LogP contribution in [0.5, 0.6) is 0 Å². The zero-order valence-corrected chi connectivity index (χ0v) is 12.2. The molecule has 0 atom stereocenters. The summed E-state index contributed by atoms with van der Waals surface area (Å²) in [6, 6.07) is 0. The van der Waals surface area contributed by atoms with Crippen LogP contribution in [0.2, 0.25) is 0 Å². The summed E-state index contributed by atoms with van der Waals surface area (Å²) < 4.78 is 0. The van der Waals surface area contributed by atoms with E-state index in [1.54, 1.807) is 20.8 Å². The van der Waals surface area contributed by atoms with E-state index in [2.05, 4.69) is 0 Å². The second-order valence-electron chi connectivity index (χ2n) is 2.11. The Balaban J connectivity index is -0.0000000800. The van der Waals surface area contributed by atoms with E-state index in [-0.39, 0.29) is 103 Å². The van der Waals surface area contributed by atoms with Gasteiger partial charge in [0.2, 0.25) is 0 Å². The molecule has 0 aromatic rings. The van der Waals surface area contributed by atoms with E-state index in [0.29, 0.717) is 0 Å². The zero-order chi connectivity index (χ0) is 4.50. The van der Waals surface area contributed by atoms with Crippen molar-refractivity contribution in [3.05, 3.63) is 0 Å². The summed E-state index contributed by atoms with van der Waals surface area (Å²) >= 11 is 0. The van der Waals surface area contributed by atoms with Crippen molar-refractivity contribution in [2.45, 2.75) is 26.4 Å². The van der Waals surface area contributed by atoms with Crippen molar-refractivity contribution in [1.29, 1.82) is 0 Å². The first-order chi connectivity index (χ1) is 2.00. The molecule has 0 rings (SSSR count). The number of hydrogen-bond acceptors (Lipinski definition) is 1. The summed E-state index contributed by atoms with van der Waals surface area (Å²) in [5.74, 6) is 0. The standard InChI is InChI=1S/C4H9O.2K/c1-4(2,3)5;;/h1-3H3;;/q-1;;+1. The summed E-state index contributed by atoms with van der Waals surface area (Å²) in [4.78, 5) is 0. The van der Waals surface area contributed by atoms with E-state index in [0.717, 1.165) is 0 Å². The average Bonchev–Trinajstić information content (AvgIpc) is 0.722. The van der Waals surface area contributed by atoms with Crippen LogP contribution in [0.25, 0.3) is 0 Å². The van der Waals surface area contributed by atoms with Crippen LogP contribution in [0.4, 0.5) is 0 Å². The van der Waals surface area contributed by atoms with Gasteiger partial charge >= 0.3 is 51.4 Å². The maximum absolute atomic E-state index is 10.1. The topological polar surface area (TPSA) is 23.1 Å². The molecule has 0 saturated carbocycles. The predicted octanol–water partition coefficient (Wildman–Crippen LogP) is -3.23. The molecule has 1 radical (unpaired) electrons. The Hall–Kier alpha value is 3.23. The van der Waals surface area contributed by atoms with Crippen molar-refractivity contribution in [1.82, 2.24) is 0 Å².